The van der Waals surface area contributed by atoms with Crippen molar-refractivity contribution in [2.75, 3.05) is 26.4 Å². The Balaban J connectivity index is 1.68. The Morgan fingerprint density at radius 2 is 1.81 bits per heavy atom. The molecule has 0 spiro atoms. The average Bonchev–Trinajstić information content (AvgIpc) is 3.31. The largest absolute Gasteiger partial charge is 0.494 e. The van der Waals surface area contributed by atoms with Gasteiger partial charge in [0, 0.05) is 31.6 Å². The molecule has 37 heavy (non-hydrogen) atoms. The van der Waals surface area contributed by atoms with Gasteiger partial charge in [-0.1, -0.05) is 30.3 Å². The van der Waals surface area contributed by atoms with Gasteiger partial charge in [-0.3, -0.25) is 9.59 Å². The highest BCUT2D eigenvalue weighted by molar-refractivity contribution is 6.00. The molecule has 0 radical (unpaired) electrons. The van der Waals surface area contributed by atoms with E-state index in [1.165, 1.54) is 5.56 Å². The third kappa shape index (κ3) is 8.89. The van der Waals surface area contributed by atoms with Gasteiger partial charge >= 0.3 is 5.97 Å². The van der Waals surface area contributed by atoms with Crippen molar-refractivity contribution < 1.29 is 28.9 Å². The van der Waals surface area contributed by atoms with E-state index in [-0.39, 0.29) is 37.9 Å². The number of aliphatic hydroxyl groups excluding tert-OH is 1. The second kappa shape index (κ2) is 13.2. The highest BCUT2D eigenvalue weighted by Gasteiger charge is 2.44. The van der Waals surface area contributed by atoms with Crippen LogP contribution in [0.3, 0.4) is 0 Å². The van der Waals surface area contributed by atoms with E-state index in [9.17, 15) is 9.59 Å². The van der Waals surface area contributed by atoms with Crippen molar-refractivity contribution >= 4 is 17.8 Å². The summed E-state index contributed by atoms with van der Waals surface area (Å²) in [5.74, 6) is 0.383. The molecule has 1 amide bonds. The van der Waals surface area contributed by atoms with Crippen LogP contribution in [0.4, 0.5) is 0 Å². The van der Waals surface area contributed by atoms with Crippen LogP contribution in [0.25, 0.3) is 0 Å². The molecular formula is C29H38N2O6. The first-order valence-electron chi connectivity index (χ1n) is 12.8. The van der Waals surface area contributed by atoms with E-state index in [0.717, 1.165) is 12.8 Å². The van der Waals surface area contributed by atoms with Crippen LogP contribution in [0.15, 0.2) is 59.6 Å². The first kappa shape index (κ1) is 28.2. The van der Waals surface area contributed by atoms with Gasteiger partial charge in [0.15, 0.2) is 5.54 Å². The first-order valence-corrected chi connectivity index (χ1v) is 12.8. The van der Waals surface area contributed by atoms with Crippen LogP contribution >= 0.6 is 0 Å². The van der Waals surface area contributed by atoms with Gasteiger partial charge in [-0.25, -0.2) is 4.99 Å². The number of aryl methyl sites for hydroxylation is 1. The Kier molecular flexibility index (Phi) is 10.1. The molecule has 1 aliphatic heterocycles. The second-order valence-corrected chi connectivity index (χ2v) is 10.1. The van der Waals surface area contributed by atoms with Crippen LogP contribution in [0.1, 0.15) is 57.6 Å². The van der Waals surface area contributed by atoms with Crippen molar-refractivity contribution in [1.29, 1.82) is 0 Å². The molecule has 0 aromatic heterocycles. The van der Waals surface area contributed by atoms with Crippen LogP contribution in [-0.4, -0.2) is 60.4 Å². The van der Waals surface area contributed by atoms with Crippen molar-refractivity contribution in [3.8, 4) is 5.75 Å². The number of nitrogens with zero attached hydrogens (tertiary/aromatic N) is 1. The lowest BCUT2D eigenvalue weighted by Crippen LogP contribution is -2.47. The summed E-state index contributed by atoms with van der Waals surface area (Å²) in [4.78, 5) is 30.5. The number of nitrogens with one attached hydrogen (secondary N) is 1. The number of hydrogen-bond donors (Lipinski definition) is 2. The van der Waals surface area contributed by atoms with E-state index < -0.39 is 11.1 Å². The Hall–Kier alpha value is -3.39. The van der Waals surface area contributed by atoms with Crippen LogP contribution in [-0.2, 0) is 25.5 Å². The quantitative estimate of drug-likeness (QED) is 0.313. The summed E-state index contributed by atoms with van der Waals surface area (Å²) in [6, 6.07) is 17.3. The zero-order chi connectivity index (χ0) is 26.7. The number of ether oxygens (including phenoxy) is 3. The molecule has 8 heteroatoms. The van der Waals surface area contributed by atoms with Gasteiger partial charge in [-0.15, -0.1) is 0 Å². The van der Waals surface area contributed by atoms with Gasteiger partial charge < -0.3 is 24.6 Å². The molecule has 1 aliphatic rings. The number of hydrogen-bond acceptors (Lipinski definition) is 7. The van der Waals surface area contributed by atoms with Crippen molar-refractivity contribution in [3.05, 3.63) is 65.7 Å². The highest BCUT2D eigenvalue weighted by Crippen LogP contribution is 2.29. The van der Waals surface area contributed by atoms with E-state index in [4.69, 9.17) is 24.3 Å². The maximum absolute atomic E-state index is 13.4. The molecule has 0 unspecified atom stereocenters. The number of esters is 1. The molecule has 0 bridgehead atoms. The normalized spacial score (nSPS) is 17.0. The zero-order valence-electron chi connectivity index (χ0n) is 22.0. The average molecular weight is 511 g/mol. The summed E-state index contributed by atoms with van der Waals surface area (Å²) in [5.41, 5.74) is 0.107. The van der Waals surface area contributed by atoms with E-state index in [1.807, 2.05) is 51.1 Å². The minimum absolute atomic E-state index is 0.0460. The zero-order valence-corrected chi connectivity index (χ0v) is 22.0. The second-order valence-electron chi connectivity index (χ2n) is 10.1. The molecule has 1 atom stereocenters. The number of aliphatic imine (C=N–C) groups is 1. The highest BCUT2D eigenvalue weighted by atomic mass is 16.6. The van der Waals surface area contributed by atoms with Gasteiger partial charge in [0.2, 0.25) is 5.90 Å². The van der Waals surface area contributed by atoms with Crippen LogP contribution in [0.2, 0.25) is 0 Å². The van der Waals surface area contributed by atoms with Crippen molar-refractivity contribution in [3.63, 3.8) is 0 Å². The van der Waals surface area contributed by atoms with Gasteiger partial charge in [0.05, 0.1) is 6.61 Å². The van der Waals surface area contributed by atoms with Crippen LogP contribution in [0.5, 0.6) is 5.75 Å². The van der Waals surface area contributed by atoms with Gasteiger partial charge in [0.1, 0.15) is 18.0 Å². The maximum Gasteiger partial charge on any atom is 0.306 e. The molecule has 2 N–H and O–H groups in total. The SMILES string of the molecule is CC(C)(C)OC(=O)CC[C@]1(C(=O)NCCCc2ccccc2)COC(c2ccc(OCCCO)cc2)=N1. The lowest BCUT2D eigenvalue weighted by atomic mass is 9.94. The summed E-state index contributed by atoms with van der Waals surface area (Å²) < 4.78 is 16.9. The smallest absolute Gasteiger partial charge is 0.306 e. The molecule has 8 nitrogen and oxygen atoms in total. The Morgan fingerprint density at radius 3 is 2.49 bits per heavy atom. The molecule has 0 aliphatic carbocycles. The molecule has 1 heterocycles. The van der Waals surface area contributed by atoms with E-state index >= 15 is 0 Å². The molecule has 2 aromatic carbocycles. The van der Waals surface area contributed by atoms with Gasteiger partial charge in [-0.05, 0) is 69.9 Å². The number of rotatable bonds is 13. The molecule has 200 valence electrons. The number of aliphatic hydroxyl groups is 1. The Bertz CT molecular complexity index is 1050. The predicted octanol–water partition coefficient (Wildman–Crippen LogP) is 3.83. The fourth-order valence-corrected chi connectivity index (χ4v) is 3.91. The first-order chi connectivity index (χ1) is 17.7. The predicted molar refractivity (Wildman–Crippen MR) is 142 cm³/mol. The summed E-state index contributed by atoms with van der Waals surface area (Å²) in [7, 11) is 0. The molecule has 2 aromatic rings. The van der Waals surface area contributed by atoms with Crippen LogP contribution < -0.4 is 10.1 Å². The molecular weight excluding hydrogens is 472 g/mol. The topological polar surface area (TPSA) is 106 Å². The summed E-state index contributed by atoms with van der Waals surface area (Å²) in [5, 5.41) is 11.9. The Labute approximate surface area is 219 Å². The van der Waals surface area contributed by atoms with Crippen molar-refractivity contribution in [2.24, 2.45) is 4.99 Å². The number of carbonyl (C=O) groups is 2. The van der Waals surface area contributed by atoms with Gasteiger partial charge in [0.25, 0.3) is 5.91 Å². The van der Waals surface area contributed by atoms with E-state index in [0.29, 0.717) is 36.8 Å². The summed E-state index contributed by atoms with van der Waals surface area (Å²) in [6.45, 7) is 6.47. The number of benzene rings is 2. The lowest BCUT2D eigenvalue weighted by Gasteiger charge is -2.24. The van der Waals surface area contributed by atoms with Crippen LogP contribution in [0, 0.1) is 0 Å². The maximum atomic E-state index is 13.4. The third-order valence-corrected chi connectivity index (χ3v) is 5.79. The van der Waals surface area contributed by atoms with E-state index in [2.05, 4.69) is 17.4 Å². The lowest BCUT2D eigenvalue weighted by molar-refractivity contribution is -0.155. The fraction of sp³-hybridized carbons (Fsp3) is 0.483. The summed E-state index contributed by atoms with van der Waals surface area (Å²) in [6.07, 6.45) is 2.42. The number of carbonyl (C=O) groups excluding carboxylic acids is 2. The summed E-state index contributed by atoms with van der Waals surface area (Å²) >= 11 is 0. The molecule has 0 saturated heterocycles. The minimum atomic E-state index is -1.21. The minimum Gasteiger partial charge on any atom is -0.494 e. The molecule has 3 rings (SSSR count). The van der Waals surface area contributed by atoms with Crippen molar-refractivity contribution in [1.82, 2.24) is 5.32 Å². The molecule has 0 saturated carbocycles. The van der Waals surface area contributed by atoms with Gasteiger partial charge in [-0.2, -0.15) is 0 Å². The third-order valence-electron chi connectivity index (χ3n) is 5.79. The van der Waals surface area contributed by atoms with E-state index in [1.54, 1.807) is 12.1 Å². The molecule has 0 fully saturated rings. The number of amides is 1. The fourth-order valence-electron chi connectivity index (χ4n) is 3.91. The van der Waals surface area contributed by atoms with Crippen molar-refractivity contribution in [2.45, 2.75) is 64.0 Å². The monoisotopic (exact) mass is 510 g/mol. The Morgan fingerprint density at radius 1 is 1.08 bits per heavy atom. The standard InChI is InChI=1S/C29H38N2O6/c1-28(2,3)37-25(33)16-17-29(27(34)30-18-7-11-22-9-5-4-6-10-22)21-36-26(31-29)23-12-14-24(15-13-23)35-20-8-19-32/h4-6,9-10,12-15,32H,7-8,11,16-21H2,1-3H3,(H,30,34)/t29-/m1/s1.